The van der Waals surface area contributed by atoms with Crippen LogP contribution in [0.25, 0.3) is 10.8 Å². The Hall–Kier alpha value is -4.60. The van der Waals surface area contributed by atoms with E-state index in [4.69, 9.17) is 4.74 Å². The standard InChI is InChI=1S/C38H37N3O4S2/c1-24-20-25(2)37(26(3)21-24)47-41(23-35(42)43)33-16-9-15-32-31(33)18-19-40(32)36(28-12-7-13-29(22-28)45-4)38(44)39-46-34-17-8-11-27-10-5-6-14-30(27)34/h5-17,20-22,36H,18-19,23H2,1-4H3,(H,39,44)(H,42,43). The molecule has 0 saturated carbocycles. The second-order valence-corrected chi connectivity index (χ2v) is 13.6. The Balaban J connectivity index is 1.36. The predicted molar refractivity (Wildman–Crippen MR) is 193 cm³/mol. The van der Waals surface area contributed by atoms with Gasteiger partial charge in [-0.15, -0.1) is 0 Å². The van der Waals surface area contributed by atoms with Crippen LogP contribution in [0.5, 0.6) is 5.75 Å². The fourth-order valence-electron chi connectivity index (χ4n) is 6.38. The summed E-state index contributed by atoms with van der Waals surface area (Å²) in [6.45, 7) is 6.61. The van der Waals surface area contributed by atoms with Gasteiger partial charge >= 0.3 is 5.97 Å². The van der Waals surface area contributed by atoms with Gasteiger partial charge in [0.25, 0.3) is 5.91 Å². The molecule has 1 atom stereocenters. The molecule has 7 nitrogen and oxygen atoms in total. The largest absolute Gasteiger partial charge is 0.497 e. The van der Waals surface area contributed by atoms with Gasteiger partial charge in [0.05, 0.1) is 12.8 Å². The van der Waals surface area contributed by atoms with Gasteiger partial charge in [-0.2, -0.15) is 0 Å². The number of aryl methyl sites for hydroxylation is 3. The zero-order valence-electron chi connectivity index (χ0n) is 26.8. The summed E-state index contributed by atoms with van der Waals surface area (Å²) < 4.78 is 10.6. The summed E-state index contributed by atoms with van der Waals surface area (Å²) in [5.74, 6) is -0.397. The number of anilines is 2. The minimum Gasteiger partial charge on any atom is -0.497 e. The number of nitrogens with zero attached hydrogens (tertiary/aromatic N) is 2. The maximum absolute atomic E-state index is 14.3. The summed E-state index contributed by atoms with van der Waals surface area (Å²) in [5.41, 5.74) is 6.96. The molecule has 0 bridgehead atoms. The molecule has 6 rings (SSSR count). The number of aliphatic carboxylic acids is 1. The first kappa shape index (κ1) is 32.3. The van der Waals surface area contributed by atoms with Gasteiger partial charge in [0.1, 0.15) is 18.3 Å². The van der Waals surface area contributed by atoms with E-state index in [1.54, 1.807) is 7.11 Å². The lowest BCUT2D eigenvalue weighted by Crippen LogP contribution is -2.37. The minimum atomic E-state index is -0.911. The van der Waals surface area contributed by atoms with Gasteiger partial charge in [-0.05, 0) is 109 Å². The molecule has 47 heavy (non-hydrogen) atoms. The van der Waals surface area contributed by atoms with Crippen molar-refractivity contribution in [3.05, 3.63) is 125 Å². The number of carbonyl (C=O) groups is 2. The van der Waals surface area contributed by atoms with E-state index in [1.807, 2.05) is 71.0 Å². The molecule has 2 N–H and O–H groups in total. The van der Waals surface area contributed by atoms with Crippen LogP contribution in [0.15, 0.2) is 107 Å². The average molecular weight is 664 g/mol. The Morgan fingerprint density at radius 2 is 1.66 bits per heavy atom. The van der Waals surface area contributed by atoms with Crippen molar-refractivity contribution in [1.29, 1.82) is 0 Å². The summed E-state index contributed by atoms with van der Waals surface area (Å²) in [6.07, 6.45) is 0.665. The zero-order valence-corrected chi connectivity index (χ0v) is 28.5. The van der Waals surface area contributed by atoms with Gasteiger partial charge in [-0.3, -0.25) is 14.3 Å². The van der Waals surface area contributed by atoms with Crippen LogP contribution in [0.3, 0.4) is 0 Å². The minimum absolute atomic E-state index is 0.155. The molecule has 1 aliphatic rings. The van der Waals surface area contributed by atoms with Crippen LogP contribution in [0.1, 0.15) is 33.9 Å². The van der Waals surface area contributed by atoms with E-state index in [2.05, 4.69) is 60.7 Å². The van der Waals surface area contributed by atoms with E-state index in [0.717, 1.165) is 54.2 Å². The van der Waals surface area contributed by atoms with Crippen LogP contribution in [0.4, 0.5) is 11.4 Å². The number of hydrogen-bond donors (Lipinski definition) is 2. The Morgan fingerprint density at radius 3 is 2.43 bits per heavy atom. The number of methoxy groups -OCH3 is 1. The molecule has 0 aliphatic carbocycles. The zero-order chi connectivity index (χ0) is 33.1. The third-order valence-corrected chi connectivity index (χ3v) is 10.6. The van der Waals surface area contributed by atoms with Gasteiger partial charge in [-0.25, -0.2) is 0 Å². The molecular formula is C38H37N3O4S2. The fourth-order valence-corrected chi connectivity index (χ4v) is 8.22. The summed E-state index contributed by atoms with van der Waals surface area (Å²) >= 11 is 2.77. The highest BCUT2D eigenvalue weighted by Crippen LogP contribution is 2.44. The summed E-state index contributed by atoms with van der Waals surface area (Å²) in [4.78, 5) is 30.5. The average Bonchev–Trinajstić information content (AvgIpc) is 3.48. The van der Waals surface area contributed by atoms with Crippen LogP contribution in [0.2, 0.25) is 0 Å². The van der Waals surface area contributed by atoms with E-state index in [1.165, 1.54) is 29.5 Å². The molecule has 1 aliphatic heterocycles. The maximum atomic E-state index is 14.3. The van der Waals surface area contributed by atoms with Crippen molar-refractivity contribution in [3.8, 4) is 5.75 Å². The van der Waals surface area contributed by atoms with Gasteiger partial charge in [0.15, 0.2) is 0 Å². The number of rotatable bonds is 11. The normalized spacial score (nSPS) is 12.9. The van der Waals surface area contributed by atoms with E-state index in [-0.39, 0.29) is 12.5 Å². The Kier molecular flexibility index (Phi) is 9.66. The number of hydrogen-bond acceptors (Lipinski definition) is 7. The fraction of sp³-hybridized carbons (Fsp3) is 0.211. The first-order chi connectivity index (χ1) is 22.7. The van der Waals surface area contributed by atoms with Crippen molar-refractivity contribution in [1.82, 2.24) is 4.72 Å². The quantitative estimate of drug-likeness (QED) is 0.137. The van der Waals surface area contributed by atoms with Crippen molar-refractivity contribution in [2.45, 2.75) is 43.0 Å². The molecule has 240 valence electrons. The van der Waals surface area contributed by atoms with Gasteiger partial charge in [0, 0.05) is 27.6 Å². The monoisotopic (exact) mass is 663 g/mol. The van der Waals surface area contributed by atoms with Crippen LogP contribution in [-0.4, -0.2) is 37.2 Å². The first-order valence-corrected chi connectivity index (χ1v) is 17.0. The summed E-state index contributed by atoms with van der Waals surface area (Å²) in [6, 6.07) is 31.4. The number of carboxylic acids is 1. The summed E-state index contributed by atoms with van der Waals surface area (Å²) in [5, 5.41) is 12.1. The third kappa shape index (κ3) is 6.92. The van der Waals surface area contributed by atoms with Crippen LogP contribution in [0, 0.1) is 20.8 Å². The number of fused-ring (bicyclic) bond motifs is 2. The van der Waals surface area contributed by atoms with Gasteiger partial charge < -0.3 is 19.0 Å². The maximum Gasteiger partial charge on any atom is 0.324 e. The Labute approximate surface area is 284 Å². The molecule has 0 radical (unpaired) electrons. The molecule has 5 aromatic rings. The lowest BCUT2D eigenvalue weighted by Gasteiger charge is -2.31. The van der Waals surface area contributed by atoms with E-state index in [9.17, 15) is 14.7 Å². The topological polar surface area (TPSA) is 82.1 Å². The van der Waals surface area contributed by atoms with Crippen molar-refractivity contribution in [2.75, 3.05) is 29.4 Å². The second-order valence-electron chi connectivity index (χ2n) is 11.7. The first-order valence-electron chi connectivity index (χ1n) is 15.5. The molecule has 1 amide bonds. The van der Waals surface area contributed by atoms with Crippen molar-refractivity contribution in [3.63, 3.8) is 0 Å². The lowest BCUT2D eigenvalue weighted by atomic mass is 10.0. The highest BCUT2D eigenvalue weighted by Gasteiger charge is 2.35. The number of ether oxygens (including phenoxy) is 1. The molecule has 5 aromatic carbocycles. The van der Waals surface area contributed by atoms with E-state index >= 15 is 0 Å². The van der Waals surface area contributed by atoms with E-state index < -0.39 is 12.0 Å². The molecule has 0 fully saturated rings. The Bertz CT molecular complexity index is 1940. The molecular weight excluding hydrogens is 627 g/mol. The SMILES string of the molecule is COc1cccc(C(C(=O)NSc2cccc3ccccc23)N2CCc3c(N(CC(=O)O)Sc4c(C)cc(C)cc4C)cccc32)c1. The lowest BCUT2D eigenvalue weighted by molar-refractivity contribution is -0.135. The van der Waals surface area contributed by atoms with Crippen LogP contribution in [-0.2, 0) is 16.0 Å². The molecule has 9 heteroatoms. The third-order valence-electron chi connectivity index (χ3n) is 8.37. The number of nitrogens with one attached hydrogen (secondary N) is 1. The highest BCUT2D eigenvalue weighted by molar-refractivity contribution is 8.00. The molecule has 0 saturated heterocycles. The molecule has 1 unspecified atom stereocenters. The number of amides is 1. The van der Waals surface area contributed by atoms with Gasteiger partial charge in [-0.1, -0.05) is 72.3 Å². The second kappa shape index (κ2) is 14.0. The van der Waals surface area contributed by atoms with Crippen LogP contribution < -0.4 is 18.7 Å². The number of carboxylic acid groups (broad SMARTS) is 1. The van der Waals surface area contributed by atoms with Crippen molar-refractivity contribution in [2.24, 2.45) is 0 Å². The van der Waals surface area contributed by atoms with Crippen molar-refractivity contribution >= 4 is 57.9 Å². The number of carbonyl (C=O) groups excluding carboxylic acids is 1. The molecule has 1 heterocycles. The molecule has 0 aromatic heterocycles. The highest BCUT2D eigenvalue weighted by atomic mass is 32.2. The summed E-state index contributed by atoms with van der Waals surface area (Å²) in [7, 11) is 1.62. The van der Waals surface area contributed by atoms with Crippen LogP contribution >= 0.6 is 23.9 Å². The Morgan fingerprint density at radius 1 is 0.936 bits per heavy atom. The number of benzene rings is 5. The smallest absolute Gasteiger partial charge is 0.324 e. The predicted octanol–water partition coefficient (Wildman–Crippen LogP) is 8.30. The van der Waals surface area contributed by atoms with E-state index in [0.29, 0.717) is 18.7 Å². The van der Waals surface area contributed by atoms with Gasteiger partial charge in [0.2, 0.25) is 0 Å². The molecule has 0 spiro atoms. The van der Waals surface area contributed by atoms with Crippen molar-refractivity contribution < 1.29 is 19.4 Å².